The molecule has 0 spiro atoms. The van der Waals surface area contributed by atoms with Crippen molar-refractivity contribution in [2.75, 3.05) is 13.1 Å². The van der Waals surface area contributed by atoms with E-state index in [-0.39, 0.29) is 0 Å². The predicted octanol–water partition coefficient (Wildman–Crippen LogP) is 2.89. The van der Waals surface area contributed by atoms with Gasteiger partial charge in [-0.3, -0.25) is 9.58 Å². The molecule has 4 nitrogen and oxygen atoms in total. The van der Waals surface area contributed by atoms with Crippen molar-refractivity contribution in [2.45, 2.75) is 58.7 Å². The highest BCUT2D eigenvalue weighted by Crippen LogP contribution is 2.18. The highest BCUT2D eigenvalue weighted by atomic mass is 16.3. The Morgan fingerprint density at radius 2 is 2.25 bits per heavy atom. The van der Waals surface area contributed by atoms with Crippen LogP contribution in [0.3, 0.4) is 0 Å². The lowest BCUT2D eigenvalue weighted by molar-refractivity contribution is 0.193. The van der Waals surface area contributed by atoms with E-state index in [2.05, 4.69) is 39.8 Å². The number of unbranched alkanes of at least 4 members (excludes halogenated alkanes) is 1. The normalized spacial score (nSPS) is 18.1. The van der Waals surface area contributed by atoms with Crippen molar-refractivity contribution >= 4 is 0 Å². The highest BCUT2D eigenvalue weighted by Gasteiger charge is 2.17. The molecule has 0 amide bonds. The second kappa shape index (κ2) is 7.60. The Balaban J connectivity index is 1.88. The van der Waals surface area contributed by atoms with Crippen molar-refractivity contribution < 1.29 is 5.11 Å². The number of nitrogens with zero attached hydrogens (tertiary/aromatic N) is 3. The molecule has 0 radical (unpaired) electrons. The van der Waals surface area contributed by atoms with E-state index in [0.29, 0.717) is 0 Å². The summed E-state index contributed by atoms with van der Waals surface area (Å²) in [5.41, 5.74) is 2.04. The number of aliphatic hydroxyl groups excluding tert-OH is 1. The molecule has 112 valence electrons. The number of allylic oxidation sites excluding steroid dienone is 2. The largest absolute Gasteiger partial charge is 0.387 e. The van der Waals surface area contributed by atoms with Gasteiger partial charge in [-0.2, -0.15) is 5.10 Å². The Labute approximate surface area is 122 Å². The third-order valence-electron chi connectivity index (χ3n) is 3.79. The molecule has 0 saturated heterocycles. The topological polar surface area (TPSA) is 41.3 Å². The van der Waals surface area contributed by atoms with Gasteiger partial charge in [0.25, 0.3) is 0 Å². The summed E-state index contributed by atoms with van der Waals surface area (Å²) in [4.78, 5) is 2.51. The summed E-state index contributed by atoms with van der Waals surface area (Å²) < 4.78 is 2.07. The molecule has 0 aromatic carbocycles. The first-order valence-electron chi connectivity index (χ1n) is 7.82. The third kappa shape index (κ3) is 4.18. The average Bonchev–Trinajstić information content (AvgIpc) is 2.72. The van der Waals surface area contributed by atoms with Gasteiger partial charge in [-0.05, 0) is 45.2 Å². The molecule has 0 bridgehead atoms. The maximum Gasteiger partial charge on any atom is 0.0950 e. The number of hydrogen-bond acceptors (Lipinski definition) is 3. The Morgan fingerprint density at radius 3 is 3.00 bits per heavy atom. The molecule has 4 heteroatoms. The van der Waals surface area contributed by atoms with Gasteiger partial charge < -0.3 is 5.11 Å². The van der Waals surface area contributed by atoms with Crippen molar-refractivity contribution in [3.05, 3.63) is 29.6 Å². The van der Waals surface area contributed by atoms with E-state index in [0.717, 1.165) is 44.7 Å². The molecule has 20 heavy (non-hydrogen) atoms. The number of rotatable bonds is 6. The van der Waals surface area contributed by atoms with E-state index < -0.39 is 6.10 Å². The molecule has 0 unspecified atom stereocenters. The second-order valence-corrected chi connectivity index (χ2v) is 5.61. The number of fused-ring (bicyclic) bond motifs is 1. The SMILES string of the molecule is CC/C=C\CCCN1CCCn2nc([C@H](C)O)cc2C1. The second-order valence-electron chi connectivity index (χ2n) is 5.61. The predicted molar refractivity (Wildman–Crippen MR) is 81.4 cm³/mol. The molecule has 1 aliphatic heterocycles. The minimum absolute atomic E-state index is 0.470. The zero-order valence-corrected chi connectivity index (χ0v) is 12.8. The monoisotopic (exact) mass is 277 g/mol. The molecule has 2 rings (SSSR count). The van der Waals surface area contributed by atoms with Crippen LogP contribution >= 0.6 is 0 Å². The van der Waals surface area contributed by atoms with E-state index in [1.54, 1.807) is 6.92 Å². The van der Waals surface area contributed by atoms with Crippen LogP contribution in [0.25, 0.3) is 0 Å². The Bertz CT molecular complexity index is 437. The van der Waals surface area contributed by atoms with Crippen LogP contribution in [0.4, 0.5) is 0 Å². The standard InChI is InChI=1S/C16H27N3O/c1-3-4-5-6-7-9-18-10-8-11-19-15(13-18)12-16(17-19)14(2)20/h4-5,12,14,20H,3,6-11,13H2,1-2H3/b5-4-/t14-/m0/s1. The average molecular weight is 277 g/mol. The molecule has 1 atom stereocenters. The fourth-order valence-corrected chi connectivity index (χ4v) is 2.66. The molecular formula is C16H27N3O. The molecule has 0 fully saturated rings. The van der Waals surface area contributed by atoms with Crippen LogP contribution in [0.2, 0.25) is 0 Å². The molecule has 0 aliphatic carbocycles. The van der Waals surface area contributed by atoms with Crippen molar-refractivity contribution in [1.82, 2.24) is 14.7 Å². The van der Waals surface area contributed by atoms with Crippen LogP contribution < -0.4 is 0 Å². The van der Waals surface area contributed by atoms with Crippen molar-refractivity contribution in [3.63, 3.8) is 0 Å². The van der Waals surface area contributed by atoms with Crippen LogP contribution in [0.15, 0.2) is 18.2 Å². The lowest BCUT2D eigenvalue weighted by Gasteiger charge is -2.18. The van der Waals surface area contributed by atoms with Gasteiger partial charge in [0.1, 0.15) is 0 Å². The van der Waals surface area contributed by atoms with Gasteiger partial charge in [0.15, 0.2) is 0 Å². The summed E-state index contributed by atoms with van der Waals surface area (Å²) in [7, 11) is 0. The quantitative estimate of drug-likeness (QED) is 0.642. The number of hydrogen-bond donors (Lipinski definition) is 1. The van der Waals surface area contributed by atoms with Crippen LogP contribution in [0.1, 0.15) is 57.0 Å². The molecule has 1 aliphatic rings. The smallest absolute Gasteiger partial charge is 0.0950 e. The highest BCUT2D eigenvalue weighted by molar-refractivity contribution is 5.13. The van der Waals surface area contributed by atoms with Gasteiger partial charge in [-0.25, -0.2) is 0 Å². The number of aliphatic hydroxyl groups is 1. The number of aromatic nitrogens is 2. The van der Waals surface area contributed by atoms with Crippen LogP contribution in [-0.2, 0) is 13.1 Å². The fraction of sp³-hybridized carbons (Fsp3) is 0.688. The van der Waals surface area contributed by atoms with E-state index in [1.165, 1.54) is 18.5 Å². The third-order valence-corrected chi connectivity index (χ3v) is 3.79. The van der Waals surface area contributed by atoms with Gasteiger partial charge in [0.2, 0.25) is 0 Å². The molecule has 2 heterocycles. The van der Waals surface area contributed by atoms with Gasteiger partial charge in [0.05, 0.1) is 17.5 Å². The van der Waals surface area contributed by atoms with Gasteiger partial charge in [-0.15, -0.1) is 0 Å². The van der Waals surface area contributed by atoms with Crippen LogP contribution in [0, 0.1) is 0 Å². The molecule has 1 N–H and O–H groups in total. The van der Waals surface area contributed by atoms with Crippen LogP contribution in [0.5, 0.6) is 0 Å². The summed E-state index contributed by atoms with van der Waals surface area (Å²) in [6.45, 7) is 8.16. The Kier molecular flexibility index (Phi) is 5.80. The Morgan fingerprint density at radius 1 is 1.40 bits per heavy atom. The van der Waals surface area contributed by atoms with Gasteiger partial charge in [0, 0.05) is 19.6 Å². The van der Waals surface area contributed by atoms with Crippen molar-refractivity contribution in [1.29, 1.82) is 0 Å². The van der Waals surface area contributed by atoms with Crippen LogP contribution in [-0.4, -0.2) is 32.9 Å². The summed E-state index contributed by atoms with van der Waals surface area (Å²) in [5.74, 6) is 0. The van der Waals surface area contributed by atoms with E-state index in [4.69, 9.17) is 0 Å². The van der Waals surface area contributed by atoms with E-state index >= 15 is 0 Å². The van der Waals surface area contributed by atoms with E-state index in [1.807, 2.05) is 0 Å². The summed E-state index contributed by atoms with van der Waals surface area (Å²) in [6, 6.07) is 2.06. The summed E-state index contributed by atoms with van der Waals surface area (Å²) in [5, 5.41) is 14.1. The lowest BCUT2D eigenvalue weighted by atomic mass is 10.2. The first-order valence-corrected chi connectivity index (χ1v) is 7.82. The van der Waals surface area contributed by atoms with Gasteiger partial charge in [-0.1, -0.05) is 19.1 Å². The minimum atomic E-state index is -0.470. The maximum atomic E-state index is 9.64. The first-order chi connectivity index (χ1) is 9.70. The molecule has 1 aromatic heterocycles. The van der Waals surface area contributed by atoms with Crippen molar-refractivity contribution in [3.8, 4) is 0 Å². The first kappa shape index (κ1) is 15.3. The molecular weight excluding hydrogens is 250 g/mol. The molecule has 0 saturated carbocycles. The fourth-order valence-electron chi connectivity index (χ4n) is 2.66. The Hall–Kier alpha value is -1.13. The lowest BCUT2D eigenvalue weighted by Crippen LogP contribution is -2.24. The summed E-state index contributed by atoms with van der Waals surface area (Å²) in [6.07, 6.45) is 8.71. The van der Waals surface area contributed by atoms with Crippen molar-refractivity contribution in [2.24, 2.45) is 0 Å². The maximum absolute atomic E-state index is 9.64. The van der Waals surface area contributed by atoms with Gasteiger partial charge >= 0.3 is 0 Å². The summed E-state index contributed by atoms with van der Waals surface area (Å²) >= 11 is 0. The molecule has 1 aromatic rings. The minimum Gasteiger partial charge on any atom is -0.387 e. The zero-order valence-electron chi connectivity index (χ0n) is 12.8. The number of aryl methyl sites for hydroxylation is 1. The van der Waals surface area contributed by atoms with E-state index in [9.17, 15) is 5.11 Å². The zero-order chi connectivity index (χ0) is 14.4.